The lowest BCUT2D eigenvalue weighted by Gasteiger charge is -2.34. The van der Waals surface area contributed by atoms with Crippen molar-refractivity contribution in [3.05, 3.63) is 80.7 Å². The monoisotopic (exact) mass is 446 g/mol. The van der Waals surface area contributed by atoms with Gasteiger partial charge >= 0.3 is 0 Å². The Morgan fingerprint density at radius 1 is 0.706 bits per heavy atom. The molecule has 0 bridgehead atoms. The maximum atomic E-state index is 2.68. The summed E-state index contributed by atoms with van der Waals surface area (Å²) in [6, 6.07) is 15.9. The molecular formula is C34H38. The van der Waals surface area contributed by atoms with Crippen LogP contribution in [0.25, 0.3) is 33.9 Å². The van der Waals surface area contributed by atoms with E-state index in [0.717, 1.165) is 0 Å². The highest BCUT2D eigenvalue weighted by molar-refractivity contribution is 5.96. The second-order valence-corrected chi connectivity index (χ2v) is 10.7. The van der Waals surface area contributed by atoms with E-state index in [-0.39, 0.29) is 10.8 Å². The molecule has 0 aromatic heterocycles. The number of hydrogen-bond acceptors (Lipinski definition) is 0. The zero-order valence-corrected chi connectivity index (χ0v) is 22.6. The van der Waals surface area contributed by atoms with Crippen LogP contribution < -0.4 is 10.4 Å². The third-order valence-electron chi connectivity index (χ3n) is 8.35. The molecule has 0 saturated carbocycles. The fourth-order valence-electron chi connectivity index (χ4n) is 6.22. The van der Waals surface area contributed by atoms with E-state index >= 15 is 0 Å². The van der Waals surface area contributed by atoms with Gasteiger partial charge in [0.25, 0.3) is 0 Å². The first-order valence-corrected chi connectivity index (χ1v) is 12.4. The summed E-state index contributed by atoms with van der Waals surface area (Å²) in [5.74, 6) is 5.36. The predicted molar refractivity (Wildman–Crippen MR) is 150 cm³/mol. The van der Waals surface area contributed by atoms with Gasteiger partial charge in [-0.15, -0.1) is 11.8 Å². The summed E-state index contributed by atoms with van der Waals surface area (Å²) in [4.78, 5) is 0. The molecular weight excluding hydrogens is 408 g/mol. The van der Waals surface area contributed by atoms with Crippen LogP contribution >= 0.6 is 0 Å². The lowest BCUT2D eigenvalue weighted by Crippen LogP contribution is -2.40. The molecule has 0 spiro atoms. The van der Waals surface area contributed by atoms with E-state index in [1.807, 2.05) is 13.8 Å². The van der Waals surface area contributed by atoms with Crippen molar-refractivity contribution in [3.63, 3.8) is 0 Å². The summed E-state index contributed by atoms with van der Waals surface area (Å²) >= 11 is 0. The van der Waals surface area contributed by atoms with Crippen LogP contribution in [0.5, 0.6) is 0 Å². The Morgan fingerprint density at radius 3 is 1.85 bits per heavy atom. The Balaban J connectivity index is 0.000000636. The first-order valence-electron chi connectivity index (χ1n) is 12.4. The van der Waals surface area contributed by atoms with Crippen molar-refractivity contribution in [3.8, 4) is 34.1 Å². The Labute approximate surface area is 206 Å². The zero-order valence-electron chi connectivity index (χ0n) is 22.6. The quantitative estimate of drug-likeness (QED) is 0.338. The molecule has 0 atom stereocenters. The Bertz CT molecular complexity index is 1490. The average molecular weight is 447 g/mol. The van der Waals surface area contributed by atoms with Crippen molar-refractivity contribution in [1.29, 1.82) is 0 Å². The van der Waals surface area contributed by atoms with Crippen LogP contribution in [0.1, 0.15) is 83.2 Å². The smallest absolute Gasteiger partial charge is 0.0165 e. The average Bonchev–Trinajstić information content (AvgIpc) is 3.05. The van der Waals surface area contributed by atoms with E-state index in [4.69, 9.17) is 0 Å². The lowest BCUT2D eigenvalue weighted by molar-refractivity contribution is 0.656. The highest BCUT2D eigenvalue weighted by Crippen LogP contribution is 2.56. The van der Waals surface area contributed by atoms with Gasteiger partial charge in [-0.05, 0) is 102 Å². The van der Waals surface area contributed by atoms with Crippen molar-refractivity contribution in [2.45, 2.75) is 80.1 Å². The van der Waals surface area contributed by atoms with E-state index in [9.17, 15) is 0 Å². The van der Waals surface area contributed by atoms with Crippen LogP contribution in [-0.4, -0.2) is 0 Å². The second kappa shape index (κ2) is 8.32. The van der Waals surface area contributed by atoms with Crippen molar-refractivity contribution < 1.29 is 0 Å². The third-order valence-corrected chi connectivity index (χ3v) is 8.35. The minimum Gasteiger partial charge on any atom is -0.107 e. The summed E-state index contributed by atoms with van der Waals surface area (Å²) in [6.45, 7) is 22.4. The molecule has 0 aliphatic heterocycles. The van der Waals surface area contributed by atoms with Crippen LogP contribution in [-0.2, 0) is 10.8 Å². The molecule has 0 N–H and O–H groups in total. The number of benzene rings is 3. The predicted octanol–water partition coefficient (Wildman–Crippen LogP) is 7.57. The molecule has 0 amide bonds. The van der Waals surface area contributed by atoms with Gasteiger partial charge in [0.05, 0.1) is 0 Å². The van der Waals surface area contributed by atoms with Gasteiger partial charge in [-0.25, -0.2) is 0 Å². The molecule has 3 aromatic rings. The largest absolute Gasteiger partial charge is 0.107 e. The number of hydrogen-bond donors (Lipinski definition) is 0. The van der Waals surface area contributed by atoms with Crippen molar-refractivity contribution in [2.24, 2.45) is 0 Å². The Morgan fingerprint density at radius 2 is 1.29 bits per heavy atom. The van der Waals surface area contributed by atoms with E-state index in [1.165, 1.54) is 66.1 Å². The molecule has 0 saturated heterocycles. The molecule has 0 radical (unpaired) electrons. The first kappa shape index (κ1) is 24.1. The normalized spacial score (nSPS) is 16.3. The van der Waals surface area contributed by atoms with Gasteiger partial charge in [-0.1, -0.05) is 81.8 Å². The molecule has 174 valence electrons. The van der Waals surface area contributed by atoms with Gasteiger partial charge in [-0.3, -0.25) is 0 Å². The molecule has 0 fully saturated rings. The van der Waals surface area contributed by atoms with E-state index in [0.29, 0.717) is 0 Å². The lowest BCUT2D eigenvalue weighted by atomic mass is 9.69. The molecule has 5 rings (SSSR count). The summed E-state index contributed by atoms with van der Waals surface area (Å²) in [5, 5.41) is 2.90. The van der Waals surface area contributed by atoms with Gasteiger partial charge in [0.2, 0.25) is 0 Å². The zero-order chi connectivity index (χ0) is 25.0. The minimum absolute atomic E-state index is 0.0230. The Kier molecular flexibility index (Phi) is 5.90. The van der Waals surface area contributed by atoms with Crippen molar-refractivity contribution >= 4 is 11.6 Å². The maximum Gasteiger partial charge on any atom is 0.0165 e. The summed E-state index contributed by atoms with van der Waals surface area (Å²) in [6.07, 6.45) is 2.34. The number of aryl methyl sites for hydroxylation is 1. The van der Waals surface area contributed by atoms with Crippen LogP contribution in [0.15, 0.2) is 42.5 Å². The molecule has 0 heterocycles. The van der Waals surface area contributed by atoms with Gasteiger partial charge in [0.1, 0.15) is 0 Å². The van der Waals surface area contributed by atoms with E-state index in [2.05, 4.69) is 116 Å². The first-order chi connectivity index (χ1) is 16.0. The highest BCUT2D eigenvalue weighted by atomic mass is 14.5. The minimum atomic E-state index is -0.0230. The Hall–Kier alpha value is -3.04. The maximum absolute atomic E-state index is 2.68. The fourth-order valence-corrected chi connectivity index (χ4v) is 6.22. The third kappa shape index (κ3) is 3.14. The summed E-state index contributed by atoms with van der Waals surface area (Å²) in [7, 11) is 0. The van der Waals surface area contributed by atoms with E-state index < -0.39 is 0 Å². The SMILES string of the molecule is C/C=c1/c(C)c(-c2ccccc2C)c2c3c1=C(C)C(C)(C)c1cccc(c1-3)C2(C)C.CC#CC. The second-order valence-electron chi connectivity index (χ2n) is 10.7. The molecule has 0 nitrogen and oxygen atoms in total. The topological polar surface area (TPSA) is 0 Å². The summed E-state index contributed by atoms with van der Waals surface area (Å²) < 4.78 is 0. The molecule has 2 aliphatic carbocycles. The fraction of sp³-hybridized carbons (Fsp3) is 0.353. The molecule has 34 heavy (non-hydrogen) atoms. The number of rotatable bonds is 1. The molecule has 3 aromatic carbocycles. The molecule has 2 aliphatic rings. The van der Waals surface area contributed by atoms with Crippen LogP contribution in [0.2, 0.25) is 0 Å². The van der Waals surface area contributed by atoms with E-state index in [1.54, 1.807) is 0 Å². The van der Waals surface area contributed by atoms with Crippen molar-refractivity contribution in [1.82, 2.24) is 0 Å². The molecule has 0 heteroatoms. The van der Waals surface area contributed by atoms with Crippen molar-refractivity contribution in [2.75, 3.05) is 0 Å². The van der Waals surface area contributed by atoms with Crippen LogP contribution in [0.4, 0.5) is 0 Å². The highest BCUT2D eigenvalue weighted by Gasteiger charge is 2.45. The standard InChI is InChI=1S/C30H32.C4H6/c1-9-20-18(3)24(21-14-11-10-13-17(21)2)28-27-25(20)19(4)29(5,6)22-15-12-16-23(26(22)27)30(28,7)8;1-3-4-2/h9-16H,1-8H3;1-2H3/b20-9-;. The van der Waals surface area contributed by atoms with Crippen LogP contribution in [0, 0.1) is 25.7 Å². The van der Waals surface area contributed by atoms with Gasteiger partial charge in [0, 0.05) is 10.8 Å². The van der Waals surface area contributed by atoms with Gasteiger partial charge in [-0.2, -0.15) is 0 Å². The summed E-state index contributed by atoms with van der Waals surface area (Å²) in [5.41, 5.74) is 14.6. The van der Waals surface area contributed by atoms with Gasteiger partial charge < -0.3 is 0 Å². The van der Waals surface area contributed by atoms with Gasteiger partial charge in [0.15, 0.2) is 0 Å². The molecule has 0 unspecified atom stereocenters. The van der Waals surface area contributed by atoms with Crippen LogP contribution in [0.3, 0.4) is 0 Å².